The fraction of sp³-hybridized carbons (Fsp3) is 0.471. The number of carbonyl (C=O) groups is 1. The minimum Gasteiger partial charge on any atom is -0.491 e. The Bertz CT molecular complexity index is 1930. The van der Waals surface area contributed by atoms with Gasteiger partial charge in [-0.1, -0.05) is 25.4 Å². The molecular formula is C34H36ClF3N4O5S. The normalized spacial score (nSPS) is 18.6. The summed E-state index contributed by atoms with van der Waals surface area (Å²) in [6.45, 7) is 9.02. The highest BCUT2D eigenvalue weighted by Gasteiger charge is 2.41. The predicted molar refractivity (Wildman–Crippen MR) is 177 cm³/mol. The molecule has 2 aliphatic rings. The van der Waals surface area contributed by atoms with Crippen molar-refractivity contribution >= 4 is 39.1 Å². The minimum absolute atomic E-state index is 0.00239. The molecule has 3 aromatic heterocycles. The molecule has 0 spiro atoms. The Morgan fingerprint density at radius 2 is 1.88 bits per heavy atom. The van der Waals surface area contributed by atoms with Crippen molar-refractivity contribution in [3.63, 3.8) is 0 Å². The molecule has 4 heterocycles. The van der Waals surface area contributed by atoms with Crippen molar-refractivity contribution in [1.82, 2.24) is 19.4 Å². The number of fused-ring (bicyclic) bond motifs is 2. The SMILES string of the molecule is Cc1cc(-c2cc(Cl)ccc2OCCn2c(C)nc3c(c2=O)C[C@@H](N2CCC(OC(F)(F)F)CC2)CC3(C)C)c2scc(C(=O)O)c2n1. The maximum absolute atomic E-state index is 14.0. The summed E-state index contributed by atoms with van der Waals surface area (Å²) in [5, 5.41) is 11.7. The number of alkyl halides is 3. The van der Waals surface area contributed by atoms with E-state index in [9.17, 15) is 27.9 Å². The number of pyridine rings is 1. The van der Waals surface area contributed by atoms with Gasteiger partial charge in [-0.3, -0.25) is 24.0 Å². The van der Waals surface area contributed by atoms with Crippen LogP contribution in [0.15, 0.2) is 34.4 Å². The van der Waals surface area contributed by atoms with Crippen LogP contribution in [0.2, 0.25) is 5.02 Å². The third-order valence-corrected chi connectivity index (χ3v) is 10.5. The lowest BCUT2D eigenvalue weighted by Crippen LogP contribution is -2.51. The van der Waals surface area contributed by atoms with Crippen LogP contribution in [0.4, 0.5) is 13.2 Å². The predicted octanol–water partition coefficient (Wildman–Crippen LogP) is 7.16. The van der Waals surface area contributed by atoms with Crippen LogP contribution in [0.3, 0.4) is 0 Å². The standard InChI is InChI=1S/C34H36ClF3N4O5S/c1-18-13-24(29-28(39-18)26(17-48-29)32(44)45)23-14-20(35)5-6-27(23)46-12-11-42-19(2)40-30-25(31(42)43)15-21(16-33(30,3)4)41-9-7-22(8-10-41)47-34(36,37)38/h5-6,13-14,17,21-22H,7-12,15-16H2,1-4H3,(H,44,45)/t21-/m1/s1. The van der Waals surface area contributed by atoms with E-state index >= 15 is 0 Å². The number of aromatic carboxylic acids is 1. The first-order chi connectivity index (χ1) is 22.6. The van der Waals surface area contributed by atoms with Crippen LogP contribution < -0.4 is 10.3 Å². The van der Waals surface area contributed by atoms with E-state index in [-0.39, 0.29) is 43.2 Å². The Labute approximate surface area is 284 Å². The van der Waals surface area contributed by atoms with Gasteiger partial charge in [0.2, 0.25) is 0 Å². The second kappa shape index (κ2) is 13.1. The molecule has 6 rings (SSSR count). The van der Waals surface area contributed by atoms with Crippen molar-refractivity contribution < 1.29 is 32.5 Å². The lowest BCUT2D eigenvalue weighted by Gasteiger charge is -2.44. The molecule has 0 saturated carbocycles. The second-order valence-corrected chi connectivity index (χ2v) is 14.4. The number of hydrogen-bond acceptors (Lipinski definition) is 8. The van der Waals surface area contributed by atoms with E-state index < -0.39 is 23.9 Å². The topological polar surface area (TPSA) is 107 Å². The van der Waals surface area contributed by atoms with E-state index in [0.717, 1.165) is 17.7 Å². The lowest BCUT2D eigenvalue weighted by atomic mass is 9.73. The molecule has 1 N–H and O–H groups in total. The van der Waals surface area contributed by atoms with Gasteiger partial charge < -0.3 is 9.84 Å². The Kier molecular flexibility index (Phi) is 9.35. The van der Waals surface area contributed by atoms with Crippen LogP contribution in [-0.2, 0) is 23.1 Å². The molecule has 4 aromatic rings. The molecule has 1 aliphatic carbocycles. The number of rotatable bonds is 8. The van der Waals surface area contributed by atoms with Gasteiger partial charge in [0.15, 0.2) is 0 Å². The van der Waals surface area contributed by atoms with Gasteiger partial charge in [-0.25, -0.2) is 9.78 Å². The number of aryl methyl sites for hydroxylation is 2. The van der Waals surface area contributed by atoms with Gasteiger partial charge in [-0.05, 0) is 63.8 Å². The zero-order valence-electron chi connectivity index (χ0n) is 27.0. The number of aromatic nitrogens is 3. The summed E-state index contributed by atoms with van der Waals surface area (Å²) in [5.74, 6) is 0.0380. The smallest absolute Gasteiger partial charge is 0.491 e. The van der Waals surface area contributed by atoms with Crippen molar-refractivity contribution in [2.45, 2.75) is 83.8 Å². The largest absolute Gasteiger partial charge is 0.522 e. The molecule has 0 amide bonds. The molecular weight excluding hydrogens is 669 g/mol. The number of likely N-dealkylation sites (tertiary alicyclic amines) is 1. The summed E-state index contributed by atoms with van der Waals surface area (Å²) in [7, 11) is 0. The average Bonchev–Trinajstić information content (AvgIpc) is 3.43. The Morgan fingerprint density at radius 1 is 1.15 bits per heavy atom. The zero-order chi connectivity index (χ0) is 34.5. The number of thiophene rings is 1. The van der Waals surface area contributed by atoms with Crippen molar-refractivity contribution in [2.24, 2.45) is 0 Å². The molecule has 0 radical (unpaired) electrons. The summed E-state index contributed by atoms with van der Waals surface area (Å²) in [5.41, 5.74) is 3.46. The number of carboxylic acid groups (broad SMARTS) is 1. The van der Waals surface area contributed by atoms with Crippen LogP contribution in [0.5, 0.6) is 5.75 Å². The Balaban J connectivity index is 1.23. The fourth-order valence-corrected chi connectivity index (χ4v) is 8.26. The molecule has 0 unspecified atom stereocenters. The van der Waals surface area contributed by atoms with E-state index in [4.69, 9.17) is 21.3 Å². The maximum atomic E-state index is 14.0. The number of carboxylic acids is 1. The van der Waals surface area contributed by atoms with E-state index in [1.54, 1.807) is 42.0 Å². The third-order valence-electron chi connectivity index (χ3n) is 9.26. The Hall–Kier alpha value is -3.52. The molecule has 0 bridgehead atoms. The van der Waals surface area contributed by atoms with Gasteiger partial charge in [0.1, 0.15) is 18.2 Å². The van der Waals surface area contributed by atoms with Gasteiger partial charge in [0.25, 0.3) is 5.56 Å². The van der Waals surface area contributed by atoms with Gasteiger partial charge >= 0.3 is 12.3 Å². The molecule has 256 valence electrons. The number of piperidine rings is 1. The molecule has 1 aromatic carbocycles. The number of hydrogen-bond donors (Lipinski definition) is 1. The van der Waals surface area contributed by atoms with Crippen molar-refractivity contribution in [1.29, 1.82) is 0 Å². The first kappa shape index (κ1) is 34.3. The van der Waals surface area contributed by atoms with E-state index in [1.165, 1.54) is 11.3 Å². The zero-order valence-corrected chi connectivity index (χ0v) is 28.6. The van der Waals surface area contributed by atoms with E-state index in [2.05, 4.69) is 28.5 Å². The molecule has 1 fully saturated rings. The van der Waals surface area contributed by atoms with Crippen LogP contribution >= 0.6 is 22.9 Å². The quantitative estimate of drug-likeness (QED) is 0.206. The van der Waals surface area contributed by atoms with Crippen molar-refractivity contribution in [2.75, 3.05) is 19.7 Å². The van der Waals surface area contributed by atoms with Gasteiger partial charge in [-0.2, -0.15) is 0 Å². The molecule has 48 heavy (non-hydrogen) atoms. The number of ether oxygens (including phenoxy) is 2. The van der Waals surface area contributed by atoms with Gasteiger partial charge in [0.05, 0.1) is 34.1 Å². The lowest BCUT2D eigenvalue weighted by molar-refractivity contribution is -0.346. The first-order valence-electron chi connectivity index (χ1n) is 15.8. The summed E-state index contributed by atoms with van der Waals surface area (Å²) in [6.07, 6.45) is -3.73. The molecule has 14 heteroatoms. The van der Waals surface area contributed by atoms with E-state index in [1.807, 2.05) is 6.07 Å². The highest BCUT2D eigenvalue weighted by Crippen LogP contribution is 2.41. The van der Waals surface area contributed by atoms with Crippen molar-refractivity contribution in [3.05, 3.63) is 73.4 Å². The Morgan fingerprint density at radius 3 is 2.56 bits per heavy atom. The van der Waals surface area contributed by atoms with Crippen LogP contribution in [0, 0.1) is 13.8 Å². The van der Waals surface area contributed by atoms with Gasteiger partial charge in [0, 0.05) is 57.3 Å². The third kappa shape index (κ3) is 6.96. The monoisotopic (exact) mass is 704 g/mol. The molecule has 1 aliphatic heterocycles. The van der Waals surface area contributed by atoms with Crippen molar-refractivity contribution in [3.8, 4) is 16.9 Å². The summed E-state index contributed by atoms with van der Waals surface area (Å²) in [4.78, 5) is 37.4. The summed E-state index contributed by atoms with van der Waals surface area (Å²) < 4.78 is 51.1. The number of halogens is 4. The second-order valence-electron chi connectivity index (χ2n) is 13.1. The molecule has 1 saturated heterocycles. The summed E-state index contributed by atoms with van der Waals surface area (Å²) in [6, 6.07) is 7.10. The maximum Gasteiger partial charge on any atom is 0.522 e. The van der Waals surface area contributed by atoms with Crippen LogP contribution in [-0.4, -0.2) is 68.7 Å². The highest BCUT2D eigenvalue weighted by atomic mass is 35.5. The van der Waals surface area contributed by atoms with Crippen LogP contribution in [0.1, 0.15) is 66.2 Å². The van der Waals surface area contributed by atoms with E-state index in [0.29, 0.717) is 63.1 Å². The van der Waals surface area contributed by atoms with Gasteiger partial charge in [-0.15, -0.1) is 24.5 Å². The summed E-state index contributed by atoms with van der Waals surface area (Å²) >= 11 is 7.69. The first-order valence-corrected chi connectivity index (χ1v) is 17.0. The molecule has 1 atom stereocenters. The van der Waals surface area contributed by atoms with Crippen LogP contribution in [0.25, 0.3) is 21.3 Å². The minimum atomic E-state index is -4.65. The average molecular weight is 705 g/mol. The number of benzene rings is 1. The fourth-order valence-electron chi connectivity index (χ4n) is 7.08. The number of nitrogens with zero attached hydrogens (tertiary/aromatic N) is 4. The molecule has 9 nitrogen and oxygen atoms in total. The highest BCUT2D eigenvalue weighted by molar-refractivity contribution is 7.18.